The number of carbonyl (C=O) groups is 1. The van der Waals surface area contributed by atoms with E-state index in [1.54, 1.807) is 42.6 Å². The zero-order valence-corrected chi connectivity index (χ0v) is 16.7. The number of hydrogen-bond acceptors (Lipinski definition) is 5. The second kappa shape index (κ2) is 7.89. The molecular formula is C20H21F3N4O3. The van der Waals surface area contributed by atoms with Gasteiger partial charge < -0.3 is 14.4 Å². The Morgan fingerprint density at radius 2 is 2.00 bits per heavy atom. The fourth-order valence-electron chi connectivity index (χ4n) is 3.07. The van der Waals surface area contributed by atoms with Crippen LogP contribution in [0.1, 0.15) is 26.3 Å². The number of benzene rings is 1. The molecule has 1 fully saturated rings. The van der Waals surface area contributed by atoms with E-state index in [0.29, 0.717) is 25.2 Å². The standard InChI is InChI=1S/C20H21F3N4O3/c1-19(2,3)30-18(28)26-9-14(10-26)11-27-12-15(8-25-27)16-5-4-13(7-24)6-17(16)29-20(21,22)23/h4-6,8,12,14H,9-11H2,1-3H3. The lowest BCUT2D eigenvalue weighted by Crippen LogP contribution is -2.52. The average Bonchev–Trinajstić information content (AvgIpc) is 3.02. The minimum atomic E-state index is -4.88. The van der Waals surface area contributed by atoms with Crippen LogP contribution in [0.3, 0.4) is 0 Å². The number of rotatable bonds is 4. The lowest BCUT2D eigenvalue weighted by molar-refractivity contribution is -0.274. The van der Waals surface area contributed by atoms with Crippen LogP contribution in [0.5, 0.6) is 5.75 Å². The van der Waals surface area contributed by atoms with Crippen LogP contribution < -0.4 is 4.74 Å². The molecule has 30 heavy (non-hydrogen) atoms. The molecule has 0 saturated carbocycles. The highest BCUT2D eigenvalue weighted by molar-refractivity contribution is 5.71. The summed E-state index contributed by atoms with van der Waals surface area (Å²) >= 11 is 0. The van der Waals surface area contributed by atoms with Crippen LogP contribution >= 0.6 is 0 Å². The van der Waals surface area contributed by atoms with E-state index in [9.17, 15) is 18.0 Å². The minimum Gasteiger partial charge on any atom is -0.444 e. The molecule has 1 amide bonds. The van der Waals surface area contributed by atoms with Crippen LogP contribution in [-0.2, 0) is 11.3 Å². The maximum Gasteiger partial charge on any atom is 0.573 e. The van der Waals surface area contributed by atoms with Crippen LogP contribution in [0, 0.1) is 17.2 Å². The molecule has 0 aliphatic carbocycles. The van der Waals surface area contributed by atoms with E-state index in [2.05, 4.69) is 9.84 Å². The summed E-state index contributed by atoms with van der Waals surface area (Å²) in [5, 5.41) is 13.1. The highest BCUT2D eigenvalue weighted by atomic mass is 19.4. The van der Waals surface area contributed by atoms with E-state index in [1.807, 2.05) is 0 Å². The number of amides is 1. The molecule has 3 rings (SSSR count). The van der Waals surface area contributed by atoms with Crippen molar-refractivity contribution in [2.75, 3.05) is 13.1 Å². The topological polar surface area (TPSA) is 80.4 Å². The molecular weight excluding hydrogens is 401 g/mol. The number of nitrogens with zero attached hydrogens (tertiary/aromatic N) is 4. The van der Waals surface area contributed by atoms with Crippen LogP contribution in [0.4, 0.5) is 18.0 Å². The van der Waals surface area contributed by atoms with Gasteiger partial charge in [-0.2, -0.15) is 10.4 Å². The van der Waals surface area contributed by atoms with E-state index in [1.165, 1.54) is 18.3 Å². The number of aromatic nitrogens is 2. The zero-order valence-electron chi connectivity index (χ0n) is 16.7. The molecule has 0 N–H and O–H groups in total. The summed E-state index contributed by atoms with van der Waals surface area (Å²) in [7, 11) is 0. The fourth-order valence-corrected chi connectivity index (χ4v) is 3.07. The van der Waals surface area contributed by atoms with Crippen LogP contribution in [0.2, 0.25) is 0 Å². The van der Waals surface area contributed by atoms with Crippen molar-refractivity contribution >= 4 is 6.09 Å². The van der Waals surface area contributed by atoms with E-state index < -0.39 is 17.7 Å². The Balaban J connectivity index is 1.66. The lowest BCUT2D eigenvalue weighted by atomic mass is 10.0. The van der Waals surface area contributed by atoms with Crippen LogP contribution in [-0.4, -0.2) is 45.8 Å². The molecule has 1 saturated heterocycles. The Bertz CT molecular complexity index is 967. The Morgan fingerprint density at radius 3 is 2.60 bits per heavy atom. The average molecular weight is 422 g/mol. The van der Waals surface area contributed by atoms with E-state index in [4.69, 9.17) is 10.00 Å². The third kappa shape index (κ3) is 5.43. The summed E-state index contributed by atoms with van der Waals surface area (Å²) in [6, 6.07) is 5.66. The fraction of sp³-hybridized carbons (Fsp3) is 0.450. The Morgan fingerprint density at radius 1 is 1.30 bits per heavy atom. The summed E-state index contributed by atoms with van der Waals surface area (Å²) in [5.41, 5.74) is 0.113. The highest BCUT2D eigenvalue weighted by Gasteiger charge is 2.34. The van der Waals surface area contributed by atoms with Gasteiger partial charge in [0.2, 0.25) is 0 Å². The van der Waals surface area contributed by atoms with Gasteiger partial charge in [-0.15, -0.1) is 13.2 Å². The molecule has 0 unspecified atom stereocenters. The predicted octanol–water partition coefficient (Wildman–Crippen LogP) is 4.19. The zero-order chi connectivity index (χ0) is 22.1. The van der Waals surface area contributed by atoms with Crippen LogP contribution in [0.15, 0.2) is 30.6 Å². The van der Waals surface area contributed by atoms with Gasteiger partial charge in [0.1, 0.15) is 11.4 Å². The number of hydrogen-bond donors (Lipinski definition) is 0. The number of carbonyl (C=O) groups excluding carboxylic acids is 1. The third-order valence-electron chi connectivity index (χ3n) is 4.33. The van der Waals surface area contributed by atoms with Crippen molar-refractivity contribution in [2.24, 2.45) is 5.92 Å². The largest absolute Gasteiger partial charge is 0.573 e. The lowest BCUT2D eigenvalue weighted by Gasteiger charge is -2.39. The number of nitriles is 1. The molecule has 10 heteroatoms. The summed E-state index contributed by atoms with van der Waals surface area (Å²) in [5.74, 6) is -0.294. The monoisotopic (exact) mass is 422 g/mol. The third-order valence-corrected chi connectivity index (χ3v) is 4.33. The molecule has 1 aromatic carbocycles. The number of alkyl halides is 3. The maximum absolute atomic E-state index is 12.7. The van der Waals surface area contributed by atoms with E-state index in [-0.39, 0.29) is 23.1 Å². The quantitative estimate of drug-likeness (QED) is 0.738. The van der Waals surface area contributed by atoms with Gasteiger partial charge in [0.25, 0.3) is 0 Å². The van der Waals surface area contributed by atoms with Gasteiger partial charge in [0, 0.05) is 42.9 Å². The molecule has 1 aliphatic heterocycles. The maximum atomic E-state index is 12.7. The van der Waals surface area contributed by atoms with Crippen molar-refractivity contribution in [3.8, 4) is 22.9 Å². The second-order valence-electron chi connectivity index (χ2n) is 8.07. The van der Waals surface area contributed by atoms with Crippen molar-refractivity contribution in [1.82, 2.24) is 14.7 Å². The Labute approximate surface area is 171 Å². The first-order valence-corrected chi connectivity index (χ1v) is 9.24. The van der Waals surface area contributed by atoms with Crippen molar-refractivity contribution < 1.29 is 27.4 Å². The number of halogens is 3. The summed E-state index contributed by atoms with van der Waals surface area (Å²) in [6.07, 6.45) is -2.20. The van der Waals surface area contributed by atoms with Gasteiger partial charge >= 0.3 is 12.5 Å². The second-order valence-corrected chi connectivity index (χ2v) is 8.07. The first kappa shape index (κ1) is 21.5. The Hall–Kier alpha value is -3.22. The number of ether oxygens (including phenoxy) is 2. The molecule has 2 heterocycles. The van der Waals surface area contributed by atoms with Gasteiger partial charge in [0.15, 0.2) is 0 Å². The van der Waals surface area contributed by atoms with E-state index in [0.717, 1.165) is 6.07 Å². The van der Waals surface area contributed by atoms with E-state index >= 15 is 0 Å². The molecule has 1 aliphatic rings. The number of likely N-dealkylation sites (tertiary alicyclic amines) is 1. The van der Waals surface area contributed by atoms with Crippen molar-refractivity contribution in [1.29, 1.82) is 5.26 Å². The van der Waals surface area contributed by atoms with Gasteiger partial charge in [-0.25, -0.2) is 4.79 Å². The molecule has 0 radical (unpaired) electrons. The predicted molar refractivity (Wildman–Crippen MR) is 100 cm³/mol. The normalized spacial score (nSPS) is 14.8. The molecule has 7 nitrogen and oxygen atoms in total. The summed E-state index contributed by atoms with van der Waals surface area (Å²) < 4.78 is 49.2. The van der Waals surface area contributed by atoms with Gasteiger partial charge in [-0.05, 0) is 39.0 Å². The van der Waals surface area contributed by atoms with Crippen molar-refractivity contribution in [3.63, 3.8) is 0 Å². The first-order valence-electron chi connectivity index (χ1n) is 9.24. The molecule has 1 aromatic heterocycles. The highest BCUT2D eigenvalue weighted by Crippen LogP contribution is 2.34. The van der Waals surface area contributed by atoms with Gasteiger partial charge in [-0.3, -0.25) is 4.68 Å². The summed E-state index contributed by atoms with van der Waals surface area (Å²) in [4.78, 5) is 13.6. The molecule has 0 spiro atoms. The van der Waals surface area contributed by atoms with Crippen LogP contribution in [0.25, 0.3) is 11.1 Å². The van der Waals surface area contributed by atoms with Gasteiger partial charge in [0.05, 0.1) is 17.8 Å². The summed E-state index contributed by atoms with van der Waals surface area (Å²) in [6.45, 7) is 6.94. The Kier molecular flexibility index (Phi) is 5.65. The smallest absolute Gasteiger partial charge is 0.444 e. The molecule has 2 aromatic rings. The molecule has 160 valence electrons. The first-order chi connectivity index (χ1) is 13.9. The van der Waals surface area contributed by atoms with Crippen molar-refractivity contribution in [3.05, 3.63) is 36.2 Å². The molecule has 0 bridgehead atoms. The van der Waals surface area contributed by atoms with Crippen molar-refractivity contribution in [2.45, 2.75) is 39.3 Å². The minimum absolute atomic E-state index is 0.0575. The SMILES string of the molecule is CC(C)(C)OC(=O)N1CC(Cn2cc(-c3ccc(C#N)cc3OC(F)(F)F)cn2)C1. The molecule has 0 atom stereocenters. The van der Waals surface area contributed by atoms with Gasteiger partial charge in [-0.1, -0.05) is 0 Å².